The molecule has 5 heteroatoms. The van der Waals surface area contributed by atoms with Crippen molar-refractivity contribution in [2.75, 3.05) is 0 Å². The number of aliphatic carboxylic acids is 1. The summed E-state index contributed by atoms with van der Waals surface area (Å²) in [7, 11) is 0. The van der Waals surface area contributed by atoms with Crippen LogP contribution in [0.15, 0.2) is 28.7 Å². The molecule has 1 N–H and O–H groups in total. The van der Waals surface area contributed by atoms with Crippen LogP contribution in [0.25, 0.3) is 11.5 Å². The van der Waals surface area contributed by atoms with Crippen LogP contribution >= 0.6 is 0 Å². The minimum absolute atomic E-state index is 0.209. The van der Waals surface area contributed by atoms with Gasteiger partial charge in [-0.25, -0.2) is 4.98 Å². The standard InChI is InChI=1S/C24H33NO4/c1-16-8-10-19(11-9-16)22-25-21(17(2)29-22)15-28-20-7-5-6-18(14-20)12-13-24(3,4)23(26)27/h8-11,18,20H,5-7,12-15H2,1-4H3,(H,26,27). The van der Waals surface area contributed by atoms with E-state index in [9.17, 15) is 9.90 Å². The topological polar surface area (TPSA) is 72.6 Å². The number of hydrogen-bond acceptors (Lipinski definition) is 4. The summed E-state index contributed by atoms with van der Waals surface area (Å²) in [5.74, 6) is 1.26. The number of carbonyl (C=O) groups is 1. The summed E-state index contributed by atoms with van der Waals surface area (Å²) >= 11 is 0. The normalized spacial score (nSPS) is 20.0. The summed E-state index contributed by atoms with van der Waals surface area (Å²) in [5.41, 5.74) is 2.38. The van der Waals surface area contributed by atoms with Crippen molar-refractivity contribution >= 4 is 5.97 Å². The van der Waals surface area contributed by atoms with Gasteiger partial charge in [0.25, 0.3) is 0 Å². The molecule has 0 saturated heterocycles. The fourth-order valence-corrected chi connectivity index (χ4v) is 3.91. The molecule has 5 nitrogen and oxygen atoms in total. The second-order valence-corrected chi connectivity index (χ2v) is 9.08. The summed E-state index contributed by atoms with van der Waals surface area (Å²) in [6.07, 6.45) is 6.21. The van der Waals surface area contributed by atoms with E-state index in [1.54, 1.807) is 0 Å². The third kappa shape index (κ3) is 5.69. The van der Waals surface area contributed by atoms with Crippen molar-refractivity contribution in [2.45, 2.75) is 78.9 Å². The predicted molar refractivity (Wildman–Crippen MR) is 113 cm³/mol. The number of rotatable bonds is 8. The van der Waals surface area contributed by atoms with Crippen molar-refractivity contribution in [3.05, 3.63) is 41.3 Å². The molecule has 2 aromatic rings. The van der Waals surface area contributed by atoms with E-state index in [2.05, 4.69) is 24.0 Å². The van der Waals surface area contributed by atoms with E-state index < -0.39 is 11.4 Å². The number of carboxylic acids is 1. The molecule has 158 valence electrons. The molecule has 1 heterocycles. The average Bonchev–Trinajstić information content (AvgIpc) is 3.06. The Labute approximate surface area is 173 Å². The fraction of sp³-hybridized carbons (Fsp3) is 0.583. The molecule has 0 amide bonds. The molecule has 1 aromatic carbocycles. The molecule has 3 rings (SSSR count). The Morgan fingerprint density at radius 1 is 1.24 bits per heavy atom. The zero-order chi connectivity index (χ0) is 21.0. The van der Waals surface area contributed by atoms with E-state index in [0.717, 1.165) is 49.1 Å². The summed E-state index contributed by atoms with van der Waals surface area (Å²) < 4.78 is 12.0. The Balaban J connectivity index is 1.53. The lowest BCUT2D eigenvalue weighted by Gasteiger charge is -2.30. The Kier molecular flexibility index (Phi) is 6.78. The fourth-order valence-electron chi connectivity index (χ4n) is 3.91. The summed E-state index contributed by atoms with van der Waals surface area (Å²) in [6.45, 7) is 8.07. The maximum atomic E-state index is 11.3. The third-order valence-electron chi connectivity index (χ3n) is 6.14. The van der Waals surface area contributed by atoms with Gasteiger partial charge in [0.15, 0.2) is 0 Å². The molecule has 1 aliphatic carbocycles. The molecular weight excluding hydrogens is 366 g/mol. The van der Waals surface area contributed by atoms with Crippen LogP contribution in [0.3, 0.4) is 0 Å². The van der Waals surface area contributed by atoms with E-state index >= 15 is 0 Å². The van der Waals surface area contributed by atoms with E-state index in [-0.39, 0.29) is 6.10 Å². The summed E-state index contributed by atoms with van der Waals surface area (Å²) in [4.78, 5) is 16.0. The molecule has 2 atom stereocenters. The number of nitrogens with zero attached hydrogens (tertiary/aromatic N) is 1. The van der Waals surface area contributed by atoms with E-state index in [4.69, 9.17) is 9.15 Å². The average molecular weight is 400 g/mol. The van der Waals surface area contributed by atoms with Gasteiger partial charge in [0.2, 0.25) is 5.89 Å². The van der Waals surface area contributed by atoms with Crippen LogP contribution in [0.1, 0.15) is 69.4 Å². The van der Waals surface area contributed by atoms with Crippen molar-refractivity contribution in [1.29, 1.82) is 0 Å². The minimum atomic E-state index is -0.716. The summed E-state index contributed by atoms with van der Waals surface area (Å²) in [6, 6.07) is 8.16. The SMILES string of the molecule is Cc1ccc(-c2nc(COC3CCCC(CCC(C)(C)C(=O)O)C3)c(C)o2)cc1. The van der Waals surface area contributed by atoms with Gasteiger partial charge < -0.3 is 14.3 Å². The molecule has 1 aromatic heterocycles. The van der Waals surface area contributed by atoms with Crippen molar-refractivity contribution in [3.8, 4) is 11.5 Å². The van der Waals surface area contributed by atoms with Crippen LogP contribution in [-0.2, 0) is 16.1 Å². The molecular formula is C24H33NO4. The van der Waals surface area contributed by atoms with Gasteiger partial charge in [-0.3, -0.25) is 4.79 Å². The number of hydrogen-bond donors (Lipinski definition) is 1. The number of aryl methyl sites for hydroxylation is 2. The molecule has 0 radical (unpaired) electrons. The van der Waals surface area contributed by atoms with Crippen molar-refractivity contribution in [1.82, 2.24) is 4.98 Å². The molecule has 29 heavy (non-hydrogen) atoms. The van der Waals surface area contributed by atoms with Gasteiger partial charge >= 0.3 is 5.97 Å². The van der Waals surface area contributed by atoms with E-state index in [1.807, 2.05) is 32.9 Å². The van der Waals surface area contributed by atoms with Gasteiger partial charge in [-0.15, -0.1) is 0 Å². The van der Waals surface area contributed by atoms with Crippen LogP contribution in [0.4, 0.5) is 0 Å². The highest BCUT2D eigenvalue weighted by Gasteiger charge is 2.30. The molecule has 1 fully saturated rings. The molecule has 0 spiro atoms. The van der Waals surface area contributed by atoms with Gasteiger partial charge in [0, 0.05) is 5.56 Å². The lowest BCUT2D eigenvalue weighted by molar-refractivity contribution is -0.147. The van der Waals surface area contributed by atoms with Crippen molar-refractivity contribution < 1.29 is 19.1 Å². The maximum absolute atomic E-state index is 11.3. The molecule has 0 bridgehead atoms. The van der Waals surface area contributed by atoms with Crippen molar-refractivity contribution in [2.24, 2.45) is 11.3 Å². The lowest BCUT2D eigenvalue weighted by atomic mass is 9.79. The number of oxazole rings is 1. The third-order valence-corrected chi connectivity index (χ3v) is 6.14. The van der Waals surface area contributed by atoms with E-state index in [1.165, 1.54) is 5.56 Å². The van der Waals surface area contributed by atoms with Gasteiger partial charge in [-0.2, -0.15) is 0 Å². The lowest BCUT2D eigenvalue weighted by Crippen LogP contribution is -2.27. The number of benzene rings is 1. The van der Waals surface area contributed by atoms with Gasteiger partial charge in [0.1, 0.15) is 11.5 Å². The van der Waals surface area contributed by atoms with Gasteiger partial charge in [-0.05, 0) is 71.4 Å². The summed E-state index contributed by atoms with van der Waals surface area (Å²) in [5, 5.41) is 9.32. The zero-order valence-electron chi connectivity index (χ0n) is 18.0. The molecule has 1 saturated carbocycles. The smallest absolute Gasteiger partial charge is 0.309 e. The molecule has 0 aliphatic heterocycles. The van der Waals surface area contributed by atoms with Gasteiger partial charge in [-0.1, -0.05) is 30.5 Å². The second kappa shape index (κ2) is 9.12. The Morgan fingerprint density at radius 3 is 2.66 bits per heavy atom. The van der Waals surface area contributed by atoms with Gasteiger partial charge in [0.05, 0.1) is 18.1 Å². The predicted octanol–water partition coefficient (Wildman–Crippen LogP) is 5.92. The monoisotopic (exact) mass is 399 g/mol. The van der Waals surface area contributed by atoms with Crippen LogP contribution in [0.2, 0.25) is 0 Å². The number of carboxylic acid groups (broad SMARTS) is 1. The molecule has 1 aliphatic rings. The molecule has 2 unspecified atom stereocenters. The Hall–Kier alpha value is -2.14. The van der Waals surface area contributed by atoms with Crippen molar-refractivity contribution in [3.63, 3.8) is 0 Å². The second-order valence-electron chi connectivity index (χ2n) is 9.08. The number of ether oxygens (including phenoxy) is 1. The first-order chi connectivity index (χ1) is 13.7. The van der Waals surface area contributed by atoms with E-state index in [0.29, 0.717) is 24.8 Å². The van der Waals surface area contributed by atoms with Crippen LogP contribution < -0.4 is 0 Å². The highest BCUT2D eigenvalue weighted by Crippen LogP contribution is 2.34. The highest BCUT2D eigenvalue weighted by atomic mass is 16.5. The minimum Gasteiger partial charge on any atom is -0.481 e. The first-order valence-electron chi connectivity index (χ1n) is 10.6. The Morgan fingerprint density at radius 2 is 1.97 bits per heavy atom. The zero-order valence-corrected chi connectivity index (χ0v) is 18.0. The largest absolute Gasteiger partial charge is 0.481 e. The highest BCUT2D eigenvalue weighted by molar-refractivity contribution is 5.73. The van der Waals surface area contributed by atoms with Crippen LogP contribution in [0.5, 0.6) is 0 Å². The quantitative estimate of drug-likeness (QED) is 0.596. The number of aromatic nitrogens is 1. The first kappa shape index (κ1) is 21.6. The van der Waals surface area contributed by atoms with Crippen LogP contribution in [0, 0.1) is 25.2 Å². The Bertz CT molecular complexity index is 822. The maximum Gasteiger partial charge on any atom is 0.309 e. The van der Waals surface area contributed by atoms with Crippen LogP contribution in [-0.4, -0.2) is 22.2 Å². The first-order valence-corrected chi connectivity index (χ1v) is 10.6.